The standard InChI is InChI=1S/C17H25N3/c1-5-15-11-16(6-2)20(19-15)17-8-7-12(3)9-14(17)10-13(4)18/h7-9,11,13H,5-6,10,18H2,1-4H3. The molecule has 2 N–H and O–H groups in total. The second-order valence-corrected chi connectivity index (χ2v) is 5.56. The van der Waals surface area contributed by atoms with Gasteiger partial charge in [-0.25, -0.2) is 4.68 Å². The zero-order valence-electron chi connectivity index (χ0n) is 13.0. The van der Waals surface area contributed by atoms with E-state index in [4.69, 9.17) is 10.8 Å². The maximum Gasteiger partial charge on any atom is 0.0681 e. The Balaban J connectivity index is 2.53. The predicted molar refractivity (Wildman–Crippen MR) is 84.4 cm³/mol. The average Bonchev–Trinajstić information content (AvgIpc) is 2.81. The molecule has 0 saturated heterocycles. The zero-order chi connectivity index (χ0) is 14.7. The van der Waals surface area contributed by atoms with Crippen molar-refractivity contribution in [2.75, 3.05) is 0 Å². The molecule has 2 rings (SSSR count). The molecule has 3 heteroatoms. The van der Waals surface area contributed by atoms with Gasteiger partial charge in [0.25, 0.3) is 0 Å². The van der Waals surface area contributed by atoms with Gasteiger partial charge in [0.15, 0.2) is 0 Å². The van der Waals surface area contributed by atoms with Crippen LogP contribution >= 0.6 is 0 Å². The number of aromatic nitrogens is 2. The zero-order valence-corrected chi connectivity index (χ0v) is 13.0. The van der Waals surface area contributed by atoms with E-state index in [1.807, 2.05) is 6.92 Å². The van der Waals surface area contributed by atoms with E-state index in [1.165, 1.54) is 22.5 Å². The van der Waals surface area contributed by atoms with Gasteiger partial charge in [0.2, 0.25) is 0 Å². The Morgan fingerprint density at radius 3 is 2.55 bits per heavy atom. The van der Waals surface area contributed by atoms with Gasteiger partial charge in [-0.3, -0.25) is 0 Å². The lowest BCUT2D eigenvalue weighted by atomic mass is 10.0. The number of nitrogens with zero attached hydrogens (tertiary/aromatic N) is 2. The first-order valence-electron chi connectivity index (χ1n) is 7.48. The van der Waals surface area contributed by atoms with Crippen molar-refractivity contribution in [2.24, 2.45) is 5.73 Å². The molecule has 0 fully saturated rings. The van der Waals surface area contributed by atoms with Crippen molar-refractivity contribution in [3.05, 3.63) is 46.8 Å². The molecule has 0 bridgehead atoms. The second kappa shape index (κ2) is 6.23. The normalized spacial score (nSPS) is 12.7. The van der Waals surface area contributed by atoms with E-state index < -0.39 is 0 Å². The molecule has 1 unspecified atom stereocenters. The van der Waals surface area contributed by atoms with Crippen LogP contribution < -0.4 is 5.73 Å². The highest BCUT2D eigenvalue weighted by atomic mass is 15.3. The Hall–Kier alpha value is -1.61. The largest absolute Gasteiger partial charge is 0.328 e. The molecule has 0 radical (unpaired) electrons. The molecular formula is C17H25N3. The fraction of sp³-hybridized carbons (Fsp3) is 0.471. The third-order valence-corrected chi connectivity index (χ3v) is 3.56. The Morgan fingerprint density at radius 2 is 1.95 bits per heavy atom. The fourth-order valence-electron chi connectivity index (χ4n) is 2.54. The monoisotopic (exact) mass is 271 g/mol. The second-order valence-electron chi connectivity index (χ2n) is 5.56. The van der Waals surface area contributed by atoms with Gasteiger partial charge < -0.3 is 5.73 Å². The highest BCUT2D eigenvalue weighted by Gasteiger charge is 2.12. The number of hydrogen-bond acceptors (Lipinski definition) is 2. The third kappa shape index (κ3) is 3.10. The van der Waals surface area contributed by atoms with Crippen LogP contribution in [-0.2, 0) is 19.3 Å². The summed E-state index contributed by atoms with van der Waals surface area (Å²) in [6, 6.07) is 8.90. The van der Waals surface area contributed by atoms with E-state index in [0.29, 0.717) is 0 Å². The minimum Gasteiger partial charge on any atom is -0.328 e. The summed E-state index contributed by atoms with van der Waals surface area (Å²) in [5.41, 5.74) is 12.1. The van der Waals surface area contributed by atoms with Crippen LogP contribution in [0, 0.1) is 6.92 Å². The average molecular weight is 271 g/mol. The number of hydrogen-bond donors (Lipinski definition) is 1. The first-order chi connectivity index (χ1) is 9.55. The molecule has 1 atom stereocenters. The summed E-state index contributed by atoms with van der Waals surface area (Å²) >= 11 is 0. The first kappa shape index (κ1) is 14.8. The van der Waals surface area contributed by atoms with Crippen molar-refractivity contribution in [3.63, 3.8) is 0 Å². The molecular weight excluding hydrogens is 246 g/mol. The molecule has 0 amide bonds. The van der Waals surface area contributed by atoms with Crippen molar-refractivity contribution in [2.45, 2.75) is 53.0 Å². The fourth-order valence-corrected chi connectivity index (χ4v) is 2.54. The first-order valence-corrected chi connectivity index (χ1v) is 7.48. The minimum absolute atomic E-state index is 0.154. The topological polar surface area (TPSA) is 43.8 Å². The lowest BCUT2D eigenvalue weighted by molar-refractivity contribution is 0.718. The summed E-state index contributed by atoms with van der Waals surface area (Å²) in [5, 5.41) is 4.74. The van der Waals surface area contributed by atoms with Gasteiger partial charge in [0.1, 0.15) is 0 Å². The van der Waals surface area contributed by atoms with Gasteiger partial charge in [-0.1, -0.05) is 31.5 Å². The van der Waals surface area contributed by atoms with Crippen molar-refractivity contribution in [1.82, 2.24) is 9.78 Å². The van der Waals surface area contributed by atoms with Crippen LogP contribution in [0.4, 0.5) is 0 Å². The van der Waals surface area contributed by atoms with Gasteiger partial charge >= 0.3 is 0 Å². The Kier molecular flexibility index (Phi) is 4.61. The van der Waals surface area contributed by atoms with Crippen molar-refractivity contribution in [3.8, 4) is 5.69 Å². The van der Waals surface area contributed by atoms with E-state index >= 15 is 0 Å². The highest BCUT2D eigenvalue weighted by Crippen LogP contribution is 2.21. The van der Waals surface area contributed by atoms with Crippen LogP contribution in [0.15, 0.2) is 24.3 Å². The molecule has 0 aliphatic rings. The van der Waals surface area contributed by atoms with Crippen LogP contribution in [0.1, 0.15) is 43.3 Å². The smallest absolute Gasteiger partial charge is 0.0681 e. The number of rotatable bonds is 5. The van der Waals surface area contributed by atoms with E-state index in [1.54, 1.807) is 0 Å². The SMILES string of the molecule is CCc1cc(CC)n(-c2ccc(C)cc2CC(C)N)n1. The summed E-state index contributed by atoms with van der Waals surface area (Å²) in [5.74, 6) is 0. The van der Waals surface area contributed by atoms with Gasteiger partial charge in [-0.15, -0.1) is 0 Å². The number of aryl methyl sites for hydroxylation is 3. The van der Waals surface area contributed by atoms with E-state index in [-0.39, 0.29) is 6.04 Å². The summed E-state index contributed by atoms with van der Waals surface area (Å²) in [7, 11) is 0. The molecule has 0 spiro atoms. The number of nitrogens with two attached hydrogens (primary N) is 1. The summed E-state index contributed by atoms with van der Waals surface area (Å²) in [6.45, 7) is 8.49. The third-order valence-electron chi connectivity index (χ3n) is 3.56. The van der Waals surface area contributed by atoms with Crippen molar-refractivity contribution >= 4 is 0 Å². The molecule has 3 nitrogen and oxygen atoms in total. The van der Waals surface area contributed by atoms with Gasteiger partial charge in [0.05, 0.1) is 11.4 Å². The lowest BCUT2D eigenvalue weighted by Gasteiger charge is -2.14. The van der Waals surface area contributed by atoms with Gasteiger partial charge in [-0.05, 0) is 50.8 Å². The van der Waals surface area contributed by atoms with Crippen LogP contribution in [0.3, 0.4) is 0 Å². The maximum absolute atomic E-state index is 5.99. The quantitative estimate of drug-likeness (QED) is 0.907. The molecule has 2 aromatic rings. The molecule has 1 aromatic heterocycles. The van der Waals surface area contributed by atoms with Crippen LogP contribution in [0.2, 0.25) is 0 Å². The summed E-state index contributed by atoms with van der Waals surface area (Å²) in [4.78, 5) is 0. The molecule has 0 saturated carbocycles. The Bertz CT molecular complexity index is 582. The van der Waals surface area contributed by atoms with E-state index in [9.17, 15) is 0 Å². The molecule has 0 aliphatic heterocycles. The highest BCUT2D eigenvalue weighted by molar-refractivity contribution is 5.44. The molecule has 1 heterocycles. The van der Waals surface area contributed by atoms with Crippen molar-refractivity contribution in [1.29, 1.82) is 0 Å². The molecule has 0 aliphatic carbocycles. The van der Waals surface area contributed by atoms with Crippen LogP contribution in [-0.4, -0.2) is 15.8 Å². The molecule has 1 aromatic carbocycles. The lowest BCUT2D eigenvalue weighted by Crippen LogP contribution is -2.19. The van der Waals surface area contributed by atoms with Crippen molar-refractivity contribution < 1.29 is 0 Å². The van der Waals surface area contributed by atoms with E-state index in [2.05, 4.69) is 49.7 Å². The van der Waals surface area contributed by atoms with Gasteiger partial charge in [0, 0.05) is 11.7 Å². The minimum atomic E-state index is 0.154. The van der Waals surface area contributed by atoms with Crippen LogP contribution in [0.25, 0.3) is 5.69 Å². The number of benzene rings is 1. The summed E-state index contributed by atoms with van der Waals surface area (Å²) in [6.07, 6.45) is 2.83. The molecule has 108 valence electrons. The Labute approximate surface area is 121 Å². The summed E-state index contributed by atoms with van der Waals surface area (Å²) < 4.78 is 2.09. The van der Waals surface area contributed by atoms with Gasteiger partial charge in [-0.2, -0.15) is 5.10 Å². The maximum atomic E-state index is 5.99. The van der Waals surface area contributed by atoms with Crippen LogP contribution in [0.5, 0.6) is 0 Å². The Morgan fingerprint density at radius 1 is 1.20 bits per heavy atom. The predicted octanol–water partition coefficient (Wildman–Crippen LogP) is 3.20. The molecule has 20 heavy (non-hydrogen) atoms. The van der Waals surface area contributed by atoms with E-state index in [0.717, 1.165) is 25.0 Å².